The maximum absolute atomic E-state index is 5.83. The van der Waals surface area contributed by atoms with E-state index in [1.807, 2.05) is 0 Å². The van der Waals surface area contributed by atoms with Crippen molar-refractivity contribution < 1.29 is 0 Å². The van der Waals surface area contributed by atoms with Gasteiger partial charge in [0.15, 0.2) is 0 Å². The summed E-state index contributed by atoms with van der Waals surface area (Å²) in [6.45, 7) is 6.42. The van der Waals surface area contributed by atoms with Crippen LogP contribution in [0.4, 0.5) is 0 Å². The first-order valence-corrected chi connectivity index (χ1v) is 4.12. The van der Waals surface area contributed by atoms with Crippen LogP contribution in [0.5, 0.6) is 0 Å². The van der Waals surface area contributed by atoms with E-state index in [9.17, 15) is 0 Å². The highest BCUT2D eigenvalue weighted by Gasteiger charge is 2.06. The molecule has 0 radical (unpaired) electrons. The molecular weight excluding hydrogens is 136 g/mol. The van der Waals surface area contributed by atoms with Crippen LogP contribution in [0.3, 0.4) is 0 Å². The van der Waals surface area contributed by atoms with Crippen LogP contribution in [0.2, 0.25) is 0 Å². The van der Waals surface area contributed by atoms with Gasteiger partial charge in [0.2, 0.25) is 0 Å². The van der Waals surface area contributed by atoms with E-state index >= 15 is 0 Å². The summed E-state index contributed by atoms with van der Waals surface area (Å²) in [7, 11) is 0. The Morgan fingerprint density at radius 1 is 1.45 bits per heavy atom. The zero-order chi connectivity index (χ0) is 8.43. The molecule has 1 rings (SSSR count). The Bertz CT molecular complexity index is 236. The molecule has 0 unspecified atom stereocenters. The fourth-order valence-corrected chi connectivity index (χ4v) is 1.27. The first-order chi connectivity index (χ1) is 5.16. The molecule has 2 N–H and O–H groups in total. The fourth-order valence-electron chi connectivity index (χ4n) is 1.27. The minimum atomic E-state index is 0.514. The Labute approximate surface area is 68.0 Å². The summed E-state index contributed by atoms with van der Waals surface area (Å²) in [5.41, 5.74) is 2.41. The molecule has 0 aliphatic carbocycles. The molecule has 0 saturated heterocycles. The minimum absolute atomic E-state index is 0.514. The van der Waals surface area contributed by atoms with Crippen molar-refractivity contribution in [1.29, 1.82) is 0 Å². The van der Waals surface area contributed by atoms with Crippen molar-refractivity contribution in [3.8, 4) is 0 Å². The standard InChI is InChI=1S/C9H16N2/c1-4-8-5-6-9(7(2)3)11(8)10/h5-7H,4,10H2,1-3H3. The number of aromatic nitrogens is 1. The van der Waals surface area contributed by atoms with Gasteiger partial charge in [-0.2, -0.15) is 0 Å². The molecule has 1 aromatic heterocycles. The molecule has 0 aliphatic rings. The summed E-state index contributed by atoms with van der Waals surface area (Å²) in [5.74, 6) is 6.35. The molecule has 2 heteroatoms. The van der Waals surface area contributed by atoms with Gasteiger partial charge in [0.25, 0.3) is 0 Å². The van der Waals surface area contributed by atoms with Crippen molar-refractivity contribution in [3.63, 3.8) is 0 Å². The van der Waals surface area contributed by atoms with Gasteiger partial charge in [-0.05, 0) is 24.5 Å². The summed E-state index contributed by atoms with van der Waals surface area (Å²) in [6, 6.07) is 4.19. The van der Waals surface area contributed by atoms with Gasteiger partial charge in [0.05, 0.1) is 0 Å². The van der Waals surface area contributed by atoms with Crippen molar-refractivity contribution >= 4 is 0 Å². The molecule has 11 heavy (non-hydrogen) atoms. The van der Waals surface area contributed by atoms with E-state index in [1.54, 1.807) is 4.68 Å². The third kappa shape index (κ3) is 1.39. The highest BCUT2D eigenvalue weighted by atomic mass is 15.3. The molecule has 0 saturated carbocycles. The molecule has 0 bridgehead atoms. The zero-order valence-corrected chi connectivity index (χ0v) is 7.46. The van der Waals surface area contributed by atoms with Gasteiger partial charge < -0.3 is 5.84 Å². The topological polar surface area (TPSA) is 30.9 Å². The SMILES string of the molecule is CCc1ccc(C(C)C)n1N. The van der Waals surface area contributed by atoms with Crippen molar-refractivity contribution in [2.45, 2.75) is 33.1 Å². The van der Waals surface area contributed by atoms with Crippen LogP contribution in [0.25, 0.3) is 0 Å². The number of hydrogen-bond donors (Lipinski definition) is 1. The van der Waals surface area contributed by atoms with Crippen LogP contribution in [-0.2, 0) is 6.42 Å². The van der Waals surface area contributed by atoms with Crippen molar-refractivity contribution in [2.75, 3.05) is 5.84 Å². The maximum Gasteiger partial charge on any atom is 0.0420 e. The monoisotopic (exact) mass is 152 g/mol. The second-order valence-electron chi connectivity index (χ2n) is 3.13. The van der Waals surface area contributed by atoms with E-state index in [4.69, 9.17) is 5.84 Å². The van der Waals surface area contributed by atoms with Gasteiger partial charge in [-0.1, -0.05) is 20.8 Å². The average molecular weight is 152 g/mol. The summed E-state index contributed by atoms with van der Waals surface area (Å²) in [5, 5.41) is 0. The average Bonchev–Trinajstić information content (AvgIpc) is 2.30. The van der Waals surface area contributed by atoms with Gasteiger partial charge in [0, 0.05) is 11.4 Å². The fraction of sp³-hybridized carbons (Fsp3) is 0.556. The third-order valence-electron chi connectivity index (χ3n) is 1.99. The van der Waals surface area contributed by atoms with Crippen LogP contribution in [0, 0.1) is 0 Å². The first kappa shape index (κ1) is 8.18. The molecule has 0 spiro atoms. The molecule has 0 amide bonds. The lowest BCUT2D eigenvalue weighted by Crippen LogP contribution is -2.15. The van der Waals surface area contributed by atoms with E-state index in [0.29, 0.717) is 5.92 Å². The Balaban J connectivity index is 3.00. The molecule has 0 aliphatic heterocycles. The Morgan fingerprint density at radius 3 is 2.36 bits per heavy atom. The van der Waals surface area contributed by atoms with Crippen LogP contribution in [-0.4, -0.2) is 4.68 Å². The Hall–Kier alpha value is -0.920. The van der Waals surface area contributed by atoms with Crippen LogP contribution in [0.1, 0.15) is 38.1 Å². The van der Waals surface area contributed by atoms with Gasteiger partial charge >= 0.3 is 0 Å². The van der Waals surface area contributed by atoms with Crippen LogP contribution >= 0.6 is 0 Å². The van der Waals surface area contributed by atoms with Gasteiger partial charge in [0.1, 0.15) is 0 Å². The van der Waals surface area contributed by atoms with Crippen molar-refractivity contribution in [1.82, 2.24) is 4.68 Å². The molecule has 1 aromatic rings. The second kappa shape index (κ2) is 2.99. The number of nitrogens with zero attached hydrogens (tertiary/aromatic N) is 1. The van der Waals surface area contributed by atoms with E-state index in [2.05, 4.69) is 32.9 Å². The molecule has 0 fully saturated rings. The summed E-state index contributed by atoms with van der Waals surface area (Å²) < 4.78 is 1.80. The number of aryl methyl sites for hydroxylation is 1. The number of hydrogen-bond acceptors (Lipinski definition) is 1. The molecular formula is C9H16N2. The van der Waals surface area contributed by atoms with E-state index in [1.165, 1.54) is 11.4 Å². The Kier molecular flexibility index (Phi) is 2.22. The molecule has 2 nitrogen and oxygen atoms in total. The van der Waals surface area contributed by atoms with Gasteiger partial charge in [-0.15, -0.1) is 0 Å². The first-order valence-electron chi connectivity index (χ1n) is 4.12. The maximum atomic E-state index is 5.83. The zero-order valence-electron chi connectivity index (χ0n) is 7.46. The number of rotatable bonds is 2. The van der Waals surface area contributed by atoms with Crippen LogP contribution in [0.15, 0.2) is 12.1 Å². The highest BCUT2D eigenvalue weighted by molar-refractivity contribution is 5.18. The summed E-state index contributed by atoms with van der Waals surface area (Å²) >= 11 is 0. The molecule has 0 atom stereocenters. The number of nitrogens with two attached hydrogens (primary N) is 1. The van der Waals surface area contributed by atoms with Gasteiger partial charge in [-0.3, -0.25) is 4.68 Å². The van der Waals surface area contributed by atoms with Gasteiger partial charge in [-0.25, -0.2) is 0 Å². The largest absolute Gasteiger partial charge is 0.339 e. The second-order valence-corrected chi connectivity index (χ2v) is 3.13. The predicted octanol–water partition coefficient (Wildman–Crippen LogP) is 1.89. The summed E-state index contributed by atoms with van der Waals surface area (Å²) in [4.78, 5) is 0. The minimum Gasteiger partial charge on any atom is -0.339 e. The van der Waals surface area contributed by atoms with E-state index in [-0.39, 0.29) is 0 Å². The summed E-state index contributed by atoms with van der Waals surface area (Å²) in [6.07, 6.45) is 1.00. The molecule has 1 heterocycles. The lowest BCUT2D eigenvalue weighted by atomic mass is 10.1. The van der Waals surface area contributed by atoms with Crippen molar-refractivity contribution in [3.05, 3.63) is 23.5 Å². The quantitative estimate of drug-likeness (QED) is 0.644. The third-order valence-corrected chi connectivity index (χ3v) is 1.99. The molecule has 62 valence electrons. The molecule has 0 aromatic carbocycles. The lowest BCUT2D eigenvalue weighted by molar-refractivity contribution is 0.745. The van der Waals surface area contributed by atoms with E-state index in [0.717, 1.165) is 6.42 Å². The lowest BCUT2D eigenvalue weighted by Gasteiger charge is -2.08. The number of nitrogen functional groups attached to an aromatic ring is 1. The normalized spacial score (nSPS) is 10.9. The predicted molar refractivity (Wildman–Crippen MR) is 48.0 cm³/mol. The smallest absolute Gasteiger partial charge is 0.0420 e. The van der Waals surface area contributed by atoms with Crippen LogP contribution < -0.4 is 5.84 Å². The van der Waals surface area contributed by atoms with Crippen molar-refractivity contribution in [2.24, 2.45) is 0 Å². The van der Waals surface area contributed by atoms with E-state index < -0.39 is 0 Å². The highest BCUT2D eigenvalue weighted by Crippen LogP contribution is 2.15. The Morgan fingerprint density at radius 2 is 2.09 bits per heavy atom.